The first-order valence-electron chi connectivity index (χ1n) is 7.09. The highest BCUT2D eigenvalue weighted by Gasteiger charge is 2.49. The molecule has 2 bridgehead atoms. The molecule has 0 radical (unpaired) electrons. The number of hydrogen-bond acceptors (Lipinski definition) is 1. The molecule has 0 heterocycles. The van der Waals surface area contributed by atoms with E-state index in [0.29, 0.717) is 5.41 Å². The number of aliphatic hydroxyl groups excluding tert-OH is 1. The quantitative estimate of drug-likeness (QED) is 0.710. The largest absolute Gasteiger partial charge is 0.392 e. The minimum Gasteiger partial charge on any atom is -0.392 e. The van der Waals surface area contributed by atoms with Crippen molar-refractivity contribution < 1.29 is 5.11 Å². The van der Waals surface area contributed by atoms with Crippen LogP contribution in [0.25, 0.3) is 0 Å². The number of rotatable bonds is 5. The van der Waals surface area contributed by atoms with Gasteiger partial charge in [-0.05, 0) is 61.3 Å². The molecule has 0 unspecified atom stereocenters. The minimum absolute atomic E-state index is 0.222. The third-order valence-corrected chi connectivity index (χ3v) is 5.31. The van der Waals surface area contributed by atoms with Crippen molar-refractivity contribution in [3.8, 4) is 0 Å². The number of hydrogen-bond donors (Lipinski definition) is 1. The highest BCUT2D eigenvalue weighted by Crippen LogP contribution is 2.60. The van der Waals surface area contributed by atoms with Gasteiger partial charge in [-0.1, -0.05) is 32.1 Å². The molecule has 1 nitrogen and oxygen atoms in total. The van der Waals surface area contributed by atoms with Gasteiger partial charge in [-0.25, -0.2) is 0 Å². The fraction of sp³-hybridized carbons (Fsp3) is 0.750. The van der Waals surface area contributed by atoms with Crippen molar-refractivity contribution in [2.24, 2.45) is 17.3 Å². The molecular formula is C16H26O. The summed E-state index contributed by atoms with van der Waals surface area (Å²) in [7, 11) is 0. The van der Waals surface area contributed by atoms with E-state index in [1.807, 2.05) is 0 Å². The molecule has 0 aromatic carbocycles. The van der Waals surface area contributed by atoms with Crippen molar-refractivity contribution in [2.45, 2.75) is 52.4 Å². The predicted molar refractivity (Wildman–Crippen MR) is 72.8 cm³/mol. The molecule has 0 saturated heterocycles. The molecule has 0 aromatic rings. The van der Waals surface area contributed by atoms with E-state index in [0.717, 1.165) is 24.7 Å². The average molecular weight is 234 g/mol. The van der Waals surface area contributed by atoms with Crippen LogP contribution >= 0.6 is 0 Å². The Hall–Kier alpha value is -0.560. The van der Waals surface area contributed by atoms with Gasteiger partial charge < -0.3 is 5.11 Å². The summed E-state index contributed by atoms with van der Waals surface area (Å²) in [5, 5.41) is 9.15. The van der Waals surface area contributed by atoms with Gasteiger partial charge in [0.1, 0.15) is 0 Å². The van der Waals surface area contributed by atoms with Crippen LogP contribution in [0.15, 0.2) is 23.8 Å². The summed E-state index contributed by atoms with van der Waals surface area (Å²) in [5.74, 6) is 1.70. The Labute approximate surface area is 106 Å². The minimum atomic E-state index is 0.222. The third kappa shape index (κ3) is 2.22. The fourth-order valence-electron chi connectivity index (χ4n) is 3.87. The maximum atomic E-state index is 9.15. The zero-order valence-electron chi connectivity index (χ0n) is 11.3. The maximum Gasteiger partial charge on any atom is 0.0641 e. The van der Waals surface area contributed by atoms with E-state index < -0.39 is 0 Å². The van der Waals surface area contributed by atoms with E-state index in [1.54, 1.807) is 0 Å². The number of aliphatic hydroxyl groups is 1. The Kier molecular flexibility index (Phi) is 3.77. The highest BCUT2D eigenvalue weighted by molar-refractivity contribution is 5.24. The van der Waals surface area contributed by atoms with Crippen LogP contribution in [-0.4, -0.2) is 11.7 Å². The number of fused-ring (bicyclic) bond motifs is 2. The molecule has 0 spiro atoms. The van der Waals surface area contributed by atoms with E-state index in [4.69, 9.17) is 5.11 Å². The second kappa shape index (κ2) is 4.97. The molecule has 0 aromatic heterocycles. The van der Waals surface area contributed by atoms with Gasteiger partial charge in [0, 0.05) is 0 Å². The molecule has 2 aliphatic carbocycles. The zero-order chi connectivity index (χ0) is 12.5. The van der Waals surface area contributed by atoms with Crippen LogP contribution < -0.4 is 0 Å². The molecule has 0 amide bonds. The smallest absolute Gasteiger partial charge is 0.0641 e. The van der Waals surface area contributed by atoms with E-state index >= 15 is 0 Å². The summed E-state index contributed by atoms with van der Waals surface area (Å²) in [5.41, 5.74) is 3.08. The van der Waals surface area contributed by atoms with E-state index in [1.165, 1.54) is 36.8 Å². The van der Waals surface area contributed by atoms with Gasteiger partial charge in [0.2, 0.25) is 0 Å². The molecule has 17 heavy (non-hydrogen) atoms. The lowest BCUT2D eigenvalue weighted by Gasteiger charge is -2.36. The van der Waals surface area contributed by atoms with Gasteiger partial charge in [-0.15, -0.1) is 0 Å². The summed E-state index contributed by atoms with van der Waals surface area (Å²) in [6.07, 6.45) is 9.71. The van der Waals surface area contributed by atoms with Crippen LogP contribution in [0.4, 0.5) is 0 Å². The zero-order valence-corrected chi connectivity index (χ0v) is 11.3. The van der Waals surface area contributed by atoms with Gasteiger partial charge in [0.15, 0.2) is 0 Å². The monoisotopic (exact) mass is 234 g/mol. The van der Waals surface area contributed by atoms with Gasteiger partial charge in [-0.2, -0.15) is 0 Å². The van der Waals surface area contributed by atoms with E-state index in [2.05, 4.69) is 26.5 Å². The molecule has 1 N–H and O–H groups in total. The summed E-state index contributed by atoms with van der Waals surface area (Å²) in [6, 6.07) is 0. The first-order chi connectivity index (χ1) is 8.11. The Bertz CT molecular complexity index is 322. The second-order valence-electron chi connectivity index (χ2n) is 6.06. The third-order valence-electron chi connectivity index (χ3n) is 5.31. The number of allylic oxidation sites excluding steroid dienone is 2. The fourth-order valence-corrected chi connectivity index (χ4v) is 3.87. The standard InChI is InChI=1S/C16H26O/c1-4-13(11-17)6-5-9-16(3)12(2)14-7-8-15(16)10-14/h6,14-15,17H,2,4-5,7-11H2,1,3H3/b13-6+/t14-,15+,16+/m1/s1. The predicted octanol–water partition coefficient (Wildman–Crippen LogP) is 4.09. The average Bonchev–Trinajstić information content (AvgIpc) is 2.89. The first-order valence-corrected chi connectivity index (χ1v) is 7.09. The molecule has 2 aliphatic rings. The van der Waals surface area contributed by atoms with Crippen LogP contribution in [0.2, 0.25) is 0 Å². The lowest BCUT2D eigenvalue weighted by atomic mass is 9.69. The first kappa shape index (κ1) is 12.9. The Morgan fingerprint density at radius 3 is 2.82 bits per heavy atom. The molecule has 2 rings (SSSR count). The highest BCUT2D eigenvalue weighted by atomic mass is 16.3. The summed E-state index contributed by atoms with van der Waals surface area (Å²) < 4.78 is 0. The van der Waals surface area contributed by atoms with Gasteiger partial charge in [-0.3, -0.25) is 0 Å². The summed E-state index contributed by atoms with van der Waals surface area (Å²) >= 11 is 0. The van der Waals surface area contributed by atoms with Crippen LogP contribution in [-0.2, 0) is 0 Å². The van der Waals surface area contributed by atoms with Gasteiger partial charge >= 0.3 is 0 Å². The molecular weight excluding hydrogens is 208 g/mol. The van der Waals surface area contributed by atoms with Gasteiger partial charge in [0.05, 0.1) is 6.61 Å². The lowest BCUT2D eigenvalue weighted by Crippen LogP contribution is -2.26. The molecule has 3 atom stereocenters. The van der Waals surface area contributed by atoms with E-state index in [-0.39, 0.29) is 6.61 Å². The Morgan fingerprint density at radius 1 is 1.53 bits per heavy atom. The van der Waals surface area contributed by atoms with E-state index in [9.17, 15) is 0 Å². The SMILES string of the molecule is C=C1[C@@H]2CC[C@@H](C2)[C@@]1(C)CC/C=C(\CC)CO. The van der Waals surface area contributed by atoms with Crippen molar-refractivity contribution in [1.29, 1.82) is 0 Å². The van der Waals surface area contributed by atoms with Crippen molar-refractivity contribution in [3.05, 3.63) is 23.8 Å². The van der Waals surface area contributed by atoms with Gasteiger partial charge in [0.25, 0.3) is 0 Å². The molecule has 2 saturated carbocycles. The summed E-state index contributed by atoms with van der Waals surface area (Å²) in [4.78, 5) is 0. The van der Waals surface area contributed by atoms with Crippen molar-refractivity contribution in [1.82, 2.24) is 0 Å². The molecule has 2 fully saturated rings. The summed E-state index contributed by atoms with van der Waals surface area (Å²) in [6.45, 7) is 9.11. The molecule has 96 valence electrons. The lowest BCUT2D eigenvalue weighted by molar-refractivity contribution is 0.240. The molecule has 1 heteroatoms. The van der Waals surface area contributed by atoms with Crippen LogP contribution in [0, 0.1) is 17.3 Å². The maximum absolute atomic E-state index is 9.15. The van der Waals surface area contributed by atoms with Crippen LogP contribution in [0.1, 0.15) is 52.4 Å². The second-order valence-corrected chi connectivity index (χ2v) is 6.06. The topological polar surface area (TPSA) is 20.2 Å². The van der Waals surface area contributed by atoms with Crippen molar-refractivity contribution >= 4 is 0 Å². The Morgan fingerprint density at radius 2 is 2.29 bits per heavy atom. The van der Waals surface area contributed by atoms with Crippen LogP contribution in [0.3, 0.4) is 0 Å². The van der Waals surface area contributed by atoms with Crippen LogP contribution in [0.5, 0.6) is 0 Å². The Balaban J connectivity index is 1.95. The normalized spacial score (nSPS) is 36.9. The van der Waals surface area contributed by atoms with Crippen molar-refractivity contribution in [3.63, 3.8) is 0 Å². The molecule has 0 aliphatic heterocycles. The van der Waals surface area contributed by atoms with Crippen molar-refractivity contribution in [2.75, 3.05) is 6.61 Å².